The highest BCUT2D eigenvalue weighted by Crippen LogP contribution is 2.34. The van der Waals surface area contributed by atoms with Crippen molar-refractivity contribution in [1.82, 2.24) is 25.1 Å². The molecule has 5 rings (SSSR count). The van der Waals surface area contributed by atoms with Gasteiger partial charge in [0, 0.05) is 17.9 Å². The second-order valence-electron chi connectivity index (χ2n) is 9.55. The fraction of sp³-hybridized carbons (Fsp3) is 0.233. The molecular weight excluding hydrogens is 604 g/mol. The van der Waals surface area contributed by atoms with Gasteiger partial charge in [-0.1, -0.05) is 87.9 Å². The largest absolute Gasteiger partial charge is 0.484 e. The first kappa shape index (κ1) is 28.6. The molecular formula is C30H29BrN6O3S. The maximum absolute atomic E-state index is 13.5. The Morgan fingerprint density at radius 1 is 1.02 bits per heavy atom. The fourth-order valence-electron chi connectivity index (χ4n) is 4.32. The van der Waals surface area contributed by atoms with Crippen LogP contribution in [0.5, 0.6) is 5.75 Å². The SMILES string of the molecule is Cc1ccc([C@H]2CC(c3ccc(Br)cc3)=NN2C(=O)CSc2nnc(CNC(=O)COc3ccccc3)n2C)cc1. The van der Waals surface area contributed by atoms with Gasteiger partial charge in [0.1, 0.15) is 5.75 Å². The maximum Gasteiger partial charge on any atom is 0.258 e. The number of halogens is 1. The molecule has 0 bridgehead atoms. The number of hydrogen-bond donors (Lipinski definition) is 1. The van der Waals surface area contributed by atoms with Crippen LogP contribution in [-0.4, -0.2) is 49.7 Å². The van der Waals surface area contributed by atoms with Crippen LogP contribution >= 0.6 is 27.7 Å². The van der Waals surface area contributed by atoms with E-state index in [0.717, 1.165) is 26.9 Å². The van der Waals surface area contributed by atoms with Crippen molar-refractivity contribution < 1.29 is 14.3 Å². The first-order chi connectivity index (χ1) is 19.9. The van der Waals surface area contributed by atoms with E-state index in [1.165, 1.54) is 11.8 Å². The molecule has 0 aliphatic carbocycles. The molecule has 4 aromatic rings. The number of carbonyl (C=O) groups is 2. The van der Waals surface area contributed by atoms with Crippen molar-refractivity contribution in [3.8, 4) is 5.75 Å². The number of para-hydroxylation sites is 1. The highest BCUT2D eigenvalue weighted by Gasteiger charge is 2.33. The first-order valence-electron chi connectivity index (χ1n) is 13.0. The zero-order valence-electron chi connectivity index (χ0n) is 22.7. The molecule has 0 saturated heterocycles. The summed E-state index contributed by atoms with van der Waals surface area (Å²) in [5.74, 6) is 0.950. The number of carbonyl (C=O) groups excluding carboxylic acids is 2. The maximum atomic E-state index is 13.5. The summed E-state index contributed by atoms with van der Waals surface area (Å²) in [5.41, 5.74) is 4.06. The molecule has 0 spiro atoms. The number of aromatic nitrogens is 3. The van der Waals surface area contributed by atoms with Crippen LogP contribution in [0.1, 0.15) is 35.0 Å². The summed E-state index contributed by atoms with van der Waals surface area (Å²) in [6.07, 6.45) is 0.628. The average Bonchev–Trinajstić information content (AvgIpc) is 3.59. The zero-order valence-corrected chi connectivity index (χ0v) is 25.1. The number of ether oxygens (including phenoxy) is 1. The monoisotopic (exact) mass is 632 g/mol. The molecule has 0 unspecified atom stereocenters. The number of hydrogen-bond acceptors (Lipinski definition) is 7. The van der Waals surface area contributed by atoms with Crippen molar-refractivity contribution in [2.75, 3.05) is 12.4 Å². The smallest absolute Gasteiger partial charge is 0.258 e. The summed E-state index contributed by atoms with van der Waals surface area (Å²) >= 11 is 4.77. The lowest BCUT2D eigenvalue weighted by Crippen LogP contribution is -2.29. The summed E-state index contributed by atoms with van der Waals surface area (Å²) in [4.78, 5) is 25.7. The molecule has 9 nitrogen and oxygen atoms in total. The molecule has 1 N–H and O–H groups in total. The van der Waals surface area contributed by atoms with Crippen LogP contribution in [0.25, 0.3) is 0 Å². The van der Waals surface area contributed by atoms with Gasteiger partial charge in [-0.05, 0) is 42.3 Å². The minimum atomic E-state index is -0.267. The Balaban J connectivity index is 1.21. The number of nitrogens with zero attached hydrogens (tertiary/aromatic N) is 5. The minimum absolute atomic E-state index is 0.0985. The van der Waals surface area contributed by atoms with Gasteiger partial charge >= 0.3 is 0 Å². The first-order valence-corrected chi connectivity index (χ1v) is 14.8. The number of nitrogens with one attached hydrogen (secondary N) is 1. The summed E-state index contributed by atoms with van der Waals surface area (Å²) < 4.78 is 8.24. The van der Waals surface area contributed by atoms with Crippen LogP contribution in [0.3, 0.4) is 0 Å². The van der Waals surface area contributed by atoms with Crippen molar-refractivity contribution in [1.29, 1.82) is 0 Å². The van der Waals surface area contributed by atoms with Crippen LogP contribution < -0.4 is 10.1 Å². The number of benzene rings is 3. The van der Waals surface area contributed by atoms with Gasteiger partial charge in [-0.2, -0.15) is 5.10 Å². The van der Waals surface area contributed by atoms with Gasteiger partial charge in [0.05, 0.1) is 24.1 Å². The van der Waals surface area contributed by atoms with Gasteiger partial charge in [-0.15, -0.1) is 10.2 Å². The minimum Gasteiger partial charge on any atom is -0.484 e. The van der Waals surface area contributed by atoms with Gasteiger partial charge in [-0.3, -0.25) is 9.59 Å². The van der Waals surface area contributed by atoms with Gasteiger partial charge < -0.3 is 14.6 Å². The molecule has 1 aliphatic rings. The number of aryl methyl sites for hydroxylation is 1. The highest BCUT2D eigenvalue weighted by atomic mass is 79.9. The van der Waals surface area contributed by atoms with Crippen molar-refractivity contribution >= 4 is 45.2 Å². The molecule has 2 heterocycles. The molecule has 3 aromatic carbocycles. The fourth-order valence-corrected chi connectivity index (χ4v) is 5.36. The van der Waals surface area contributed by atoms with E-state index in [0.29, 0.717) is 23.2 Å². The Kier molecular flexibility index (Phi) is 9.15. The Bertz CT molecular complexity index is 1540. The lowest BCUT2D eigenvalue weighted by Gasteiger charge is -2.22. The van der Waals surface area contributed by atoms with Crippen LogP contribution in [-0.2, 0) is 23.2 Å². The van der Waals surface area contributed by atoms with Crippen LogP contribution in [0.4, 0.5) is 0 Å². The predicted molar refractivity (Wildman–Crippen MR) is 162 cm³/mol. The van der Waals surface area contributed by atoms with Crippen molar-refractivity contribution in [3.05, 3.63) is 106 Å². The van der Waals surface area contributed by atoms with Crippen LogP contribution in [0.15, 0.2) is 93.6 Å². The molecule has 0 fully saturated rings. The predicted octanol–water partition coefficient (Wildman–Crippen LogP) is 5.05. The summed E-state index contributed by atoms with van der Waals surface area (Å²) in [7, 11) is 1.81. The van der Waals surface area contributed by atoms with E-state index in [-0.39, 0.29) is 36.8 Å². The molecule has 210 valence electrons. The number of amides is 2. The molecule has 0 saturated carbocycles. The van der Waals surface area contributed by atoms with Gasteiger partial charge in [0.15, 0.2) is 17.6 Å². The Morgan fingerprint density at radius 2 is 1.76 bits per heavy atom. The molecule has 1 aromatic heterocycles. The Labute approximate surface area is 251 Å². The molecule has 11 heteroatoms. The third kappa shape index (κ3) is 7.22. The van der Waals surface area contributed by atoms with Crippen molar-refractivity contribution in [2.24, 2.45) is 12.1 Å². The molecule has 1 atom stereocenters. The van der Waals surface area contributed by atoms with E-state index in [2.05, 4.69) is 55.7 Å². The second-order valence-corrected chi connectivity index (χ2v) is 11.4. The quantitative estimate of drug-likeness (QED) is 0.246. The topological polar surface area (TPSA) is 102 Å². The van der Waals surface area contributed by atoms with Crippen LogP contribution in [0.2, 0.25) is 0 Å². The third-order valence-electron chi connectivity index (χ3n) is 6.61. The second kappa shape index (κ2) is 13.1. The van der Waals surface area contributed by atoms with Gasteiger partial charge in [-0.25, -0.2) is 5.01 Å². The lowest BCUT2D eigenvalue weighted by molar-refractivity contribution is -0.130. The van der Waals surface area contributed by atoms with E-state index in [4.69, 9.17) is 9.84 Å². The van der Waals surface area contributed by atoms with E-state index in [1.807, 2.05) is 56.4 Å². The molecule has 0 radical (unpaired) electrons. The summed E-state index contributed by atoms with van der Waals surface area (Å²) in [6, 6.07) is 25.1. The molecule has 2 amide bonds. The molecule has 1 aliphatic heterocycles. The van der Waals surface area contributed by atoms with E-state index >= 15 is 0 Å². The van der Waals surface area contributed by atoms with Crippen molar-refractivity contribution in [2.45, 2.75) is 31.1 Å². The van der Waals surface area contributed by atoms with Crippen molar-refractivity contribution in [3.63, 3.8) is 0 Å². The average molecular weight is 634 g/mol. The number of hydrazone groups is 1. The number of rotatable bonds is 10. The molecule has 41 heavy (non-hydrogen) atoms. The summed E-state index contributed by atoms with van der Waals surface area (Å²) in [6.45, 7) is 2.14. The zero-order chi connectivity index (χ0) is 28.8. The Morgan fingerprint density at radius 3 is 2.49 bits per heavy atom. The third-order valence-corrected chi connectivity index (χ3v) is 8.15. The van der Waals surface area contributed by atoms with E-state index in [1.54, 1.807) is 21.7 Å². The standard InChI is InChI=1S/C30H29BrN6O3S/c1-20-8-10-22(11-9-20)26-16-25(21-12-14-23(31)15-13-21)35-37(26)29(39)19-41-30-34-33-27(36(30)2)17-32-28(38)18-40-24-6-4-3-5-7-24/h3-15,26H,16-19H2,1-2H3,(H,32,38)/t26-/m1/s1. The highest BCUT2D eigenvalue weighted by molar-refractivity contribution is 9.10. The van der Waals surface area contributed by atoms with E-state index in [9.17, 15) is 9.59 Å². The number of thioether (sulfide) groups is 1. The van der Waals surface area contributed by atoms with Gasteiger partial charge in [0.25, 0.3) is 11.8 Å². The van der Waals surface area contributed by atoms with Gasteiger partial charge in [0.2, 0.25) is 0 Å². The van der Waals surface area contributed by atoms with E-state index < -0.39 is 0 Å². The lowest BCUT2D eigenvalue weighted by atomic mass is 9.98. The Hall–Kier alpha value is -3.96. The van der Waals surface area contributed by atoms with Crippen LogP contribution in [0, 0.1) is 6.92 Å². The normalized spacial score (nSPS) is 14.6. The summed E-state index contributed by atoms with van der Waals surface area (Å²) in [5, 5.41) is 18.1.